The minimum absolute atomic E-state index is 0.118. The summed E-state index contributed by atoms with van der Waals surface area (Å²) < 4.78 is 0. The Kier molecular flexibility index (Phi) is 5.01. The third-order valence-electron chi connectivity index (χ3n) is 2.80. The predicted octanol–water partition coefficient (Wildman–Crippen LogP) is 3.46. The highest BCUT2D eigenvalue weighted by Gasteiger charge is 2.11. The molecule has 0 heterocycles. The third-order valence-corrected chi connectivity index (χ3v) is 3.28. The molecule has 0 aromatic heterocycles. The van der Waals surface area contributed by atoms with Gasteiger partial charge in [-0.2, -0.15) is 0 Å². The number of amides is 1. The Hall–Kier alpha value is -1.55. The summed E-state index contributed by atoms with van der Waals surface area (Å²) in [4.78, 5) is 11.9. The Bertz CT molecular complexity index is 599. The van der Waals surface area contributed by atoms with E-state index in [-0.39, 0.29) is 12.5 Å². The molecule has 104 valence electrons. The van der Waals surface area contributed by atoms with Gasteiger partial charge in [0.25, 0.3) is 5.91 Å². The number of rotatable bonds is 4. The predicted molar refractivity (Wildman–Crippen MR) is 80.2 cm³/mol. The molecule has 2 aromatic rings. The van der Waals surface area contributed by atoms with Crippen molar-refractivity contribution in [3.8, 4) is 0 Å². The van der Waals surface area contributed by atoms with Crippen LogP contribution in [-0.4, -0.2) is 17.6 Å². The molecule has 0 aliphatic heterocycles. The van der Waals surface area contributed by atoms with E-state index in [1.54, 1.807) is 48.5 Å². The molecule has 20 heavy (non-hydrogen) atoms. The number of aliphatic hydroxyl groups is 1. The first-order chi connectivity index (χ1) is 9.56. The Labute approximate surface area is 127 Å². The summed E-state index contributed by atoms with van der Waals surface area (Å²) in [6.45, 7) is 0.118. The second-order valence-electron chi connectivity index (χ2n) is 4.29. The van der Waals surface area contributed by atoms with Gasteiger partial charge in [0.1, 0.15) is 0 Å². The van der Waals surface area contributed by atoms with Gasteiger partial charge >= 0.3 is 0 Å². The second kappa shape index (κ2) is 6.75. The number of benzene rings is 2. The van der Waals surface area contributed by atoms with E-state index in [9.17, 15) is 9.90 Å². The first-order valence-corrected chi connectivity index (χ1v) is 6.79. The Morgan fingerprint density at radius 1 is 1.10 bits per heavy atom. The van der Waals surface area contributed by atoms with Crippen LogP contribution in [0.15, 0.2) is 48.5 Å². The van der Waals surface area contributed by atoms with Crippen molar-refractivity contribution in [2.75, 3.05) is 6.54 Å². The average Bonchev–Trinajstić information content (AvgIpc) is 2.45. The monoisotopic (exact) mass is 309 g/mol. The molecule has 2 N–H and O–H groups in total. The van der Waals surface area contributed by atoms with Crippen molar-refractivity contribution in [1.82, 2.24) is 5.32 Å². The van der Waals surface area contributed by atoms with Crippen LogP contribution in [0.5, 0.6) is 0 Å². The van der Waals surface area contributed by atoms with Crippen LogP contribution in [0.3, 0.4) is 0 Å². The lowest BCUT2D eigenvalue weighted by molar-refractivity contribution is 0.0916. The molecule has 0 bridgehead atoms. The third kappa shape index (κ3) is 3.97. The molecule has 0 aliphatic carbocycles. The van der Waals surface area contributed by atoms with Crippen LogP contribution in [0.25, 0.3) is 0 Å². The molecule has 3 nitrogen and oxygen atoms in total. The van der Waals surface area contributed by atoms with Gasteiger partial charge in [-0.3, -0.25) is 4.79 Å². The van der Waals surface area contributed by atoms with E-state index in [4.69, 9.17) is 23.2 Å². The number of hydrogen-bond acceptors (Lipinski definition) is 2. The van der Waals surface area contributed by atoms with E-state index in [1.807, 2.05) is 0 Å². The van der Waals surface area contributed by atoms with Gasteiger partial charge in [0, 0.05) is 22.2 Å². The molecule has 0 spiro atoms. The molecule has 0 saturated heterocycles. The van der Waals surface area contributed by atoms with E-state index in [1.165, 1.54) is 0 Å². The maximum atomic E-state index is 11.9. The van der Waals surface area contributed by atoms with Crippen molar-refractivity contribution < 1.29 is 9.90 Å². The summed E-state index contributed by atoms with van der Waals surface area (Å²) in [5.74, 6) is -0.277. The number of aliphatic hydroxyl groups excluding tert-OH is 1. The minimum Gasteiger partial charge on any atom is -0.387 e. The first kappa shape index (κ1) is 14.9. The fourth-order valence-corrected chi connectivity index (χ4v) is 2.04. The van der Waals surface area contributed by atoms with Crippen LogP contribution >= 0.6 is 23.2 Å². The smallest absolute Gasteiger partial charge is 0.251 e. The molecule has 0 radical (unpaired) electrons. The topological polar surface area (TPSA) is 49.3 Å². The van der Waals surface area contributed by atoms with E-state index < -0.39 is 6.10 Å². The highest BCUT2D eigenvalue weighted by molar-refractivity contribution is 6.31. The van der Waals surface area contributed by atoms with Crippen LogP contribution in [0.2, 0.25) is 10.0 Å². The van der Waals surface area contributed by atoms with Crippen LogP contribution in [0, 0.1) is 0 Å². The minimum atomic E-state index is -0.782. The summed E-state index contributed by atoms with van der Waals surface area (Å²) in [6, 6.07) is 13.5. The standard InChI is InChI=1S/C15H13Cl2NO2/c16-12-6-4-10(5-7-12)14(19)9-18-15(20)11-2-1-3-13(17)8-11/h1-8,14,19H,9H2,(H,18,20)/t14-/m0/s1. The zero-order chi connectivity index (χ0) is 14.5. The van der Waals surface area contributed by atoms with Crippen molar-refractivity contribution in [2.24, 2.45) is 0 Å². The van der Waals surface area contributed by atoms with Gasteiger partial charge in [-0.1, -0.05) is 41.4 Å². The summed E-state index contributed by atoms with van der Waals surface area (Å²) in [7, 11) is 0. The molecule has 1 amide bonds. The largest absolute Gasteiger partial charge is 0.387 e. The van der Waals surface area contributed by atoms with Crippen LogP contribution in [0.4, 0.5) is 0 Å². The molecule has 0 saturated carbocycles. The first-order valence-electron chi connectivity index (χ1n) is 6.03. The average molecular weight is 310 g/mol. The van der Waals surface area contributed by atoms with Gasteiger partial charge in [0.2, 0.25) is 0 Å². The highest BCUT2D eigenvalue weighted by atomic mass is 35.5. The number of halogens is 2. The van der Waals surface area contributed by atoms with Gasteiger partial charge in [0.05, 0.1) is 6.10 Å². The quantitative estimate of drug-likeness (QED) is 0.908. The van der Waals surface area contributed by atoms with E-state index in [0.717, 1.165) is 0 Å². The molecule has 0 fully saturated rings. The highest BCUT2D eigenvalue weighted by Crippen LogP contribution is 2.16. The van der Waals surface area contributed by atoms with Crippen molar-refractivity contribution in [1.29, 1.82) is 0 Å². The Balaban J connectivity index is 1.94. The van der Waals surface area contributed by atoms with Gasteiger partial charge in [-0.15, -0.1) is 0 Å². The molecule has 2 aromatic carbocycles. The zero-order valence-corrected chi connectivity index (χ0v) is 12.0. The van der Waals surface area contributed by atoms with Crippen LogP contribution < -0.4 is 5.32 Å². The van der Waals surface area contributed by atoms with Crippen LogP contribution in [0.1, 0.15) is 22.0 Å². The maximum absolute atomic E-state index is 11.9. The summed E-state index contributed by atoms with van der Waals surface area (Å²) in [6.07, 6.45) is -0.782. The molecule has 1 atom stereocenters. The fourth-order valence-electron chi connectivity index (χ4n) is 1.72. The summed E-state index contributed by atoms with van der Waals surface area (Å²) in [5.41, 5.74) is 1.15. The van der Waals surface area contributed by atoms with Crippen molar-refractivity contribution in [3.63, 3.8) is 0 Å². The maximum Gasteiger partial charge on any atom is 0.251 e. The van der Waals surface area contributed by atoms with Gasteiger partial charge in [-0.05, 0) is 35.9 Å². The number of carbonyl (C=O) groups excluding carboxylic acids is 1. The summed E-state index contributed by atoms with van der Waals surface area (Å²) >= 11 is 11.6. The number of nitrogens with one attached hydrogen (secondary N) is 1. The molecular formula is C15H13Cl2NO2. The SMILES string of the molecule is O=C(NC[C@H](O)c1ccc(Cl)cc1)c1cccc(Cl)c1. The number of hydrogen-bond donors (Lipinski definition) is 2. The van der Waals surface area contributed by atoms with Crippen LogP contribution in [-0.2, 0) is 0 Å². The van der Waals surface area contributed by atoms with Gasteiger partial charge in [-0.25, -0.2) is 0 Å². The van der Waals surface area contributed by atoms with Crippen molar-refractivity contribution in [2.45, 2.75) is 6.10 Å². The normalized spacial score (nSPS) is 11.9. The Morgan fingerprint density at radius 3 is 2.45 bits per heavy atom. The van der Waals surface area contributed by atoms with Gasteiger partial charge in [0.15, 0.2) is 0 Å². The van der Waals surface area contributed by atoms with E-state index >= 15 is 0 Å². The van der Waals surface area contributed by atoms with Gasteiger partial charge < -0.3 is 10.4 Å². The fraction of sp³-hybridized carbons (Fsp3) is 0.133. The molecule has 5 heteroatoms. The van der Waals surface area contributed by atoms with E-state index in [0.29, 0.717) is 21.2 Å². The molecule has 2 rings (SSSR count). The second-order valence-corrected chi connectivity index (χ2v) is 5.16. The molecular weight excluding hydrogens is 297 g/mol. The molecule has 0 aliphatic rings. The Morgan fingerprint density at radius 2 is 1.80 bits per heavy atom. The zero-order valence-electron chi connectivity index (χ0n) is 10.5. The lowest BCUT2D eigenvalue weighted by Gasteiger charge is -2.12. The van der Waals surface area contributed by atoms with E-state index in [2.05, 4.69) is 5.32 Å². The lowest BCUT2D eigenvalue weighted by Crippen LogP contribution is -2.28. The summed E-state index contributed by atoms with van der Waals surface area (Å²) in [5, 5.41) is 13.7. The molecule has 0 unspecified atom stereocenters. The van der Waals surface area contributed by atoms with Crippen molar-refractivity contribution in [3.05, 3.63) is 69.7 Å². The number of carbonyl (C=O) groups is 1. The van der Waals surface area contributed by atoms with Crippen molar-refractivity contribution >= 4 is 29.1 Å². The lowest BCUT2D eigenvalue weighted by atomic mass is 10.1.